The number of pyridine rings is 1. The maximum Gasteiger partial charge on any atom is 0.0312 e. The average Bonchev–Trinajstić information content (AvgIpc) is 2.65. The first-order valence-electron chi connectivity index (χ1n) is 9.57. The number of piperidine rings is 2. The summed E-state index contributed by atoms with van der Waals surface area (Å²) in [5.74, 6) is 0.685. The fourth-order valence-corrected chi connectivity index (χ4v) is 4.91. The fourth-order valence-electron chi connectivity index (χ4n) is 4.91. The third kappa shape index (κ3) is 3.94. The van der Waals surface area contributed by atoms with Crippen molar-refractivity contribution in [2.75, 3.05) is 33.2 Å². The van der Waals surface area contributed by atoms with Crippen LogP contribution in [0.2, 0.25) is 0 Å². The summed E-state index contributed by atoms with van der Waals surface area (Å²) < 4.78 is 0. The van der Waals surface area contributed by atoms with Crippen molar-refractivity contribution in [1.82, 2.24) is 14.8 Å². The fraction of sp³-hybridized carbons (Fsp3) is 0.500. The smallest absolute Gasteiger partial charge is 0.0312 e. The predicted octanol–water partition coefficient (Wildman–Crippen LogP) is 3.78. The number of likely N-dealkylation sites (N-methyl/N-ethyl adjacent to an activating group) is 1. The van der Waals surface area contributed by atoms with Gasteiger partial charge in [0.2, 0.25) is 0 Å². The van der Waals surface area contributed by atoms with Crippen molar-refractivity contribution < 1.29 is 0 Å². The quantitative estimate of drug-likeness (QED) is 0.851. The molecule has 0 N–H and O–H groups in total. The van der Waals surface area contributed by atoms with E-state index in [1.807, 2.05) is 18.5 Å². The minimum atomic E-state index is 0.499. The first kappa shape index (κ1) is 16.7. The summed E-state index contributed by atoms with van der Waals surface area (Å²) in [6.07, 6.45) is 7.85. The molecule has 2 aromatic rings. The summed E-state index contributed by atoms with van der Waals surface area (Å²) in [4.78, 5) is 9.43. The number of benzene rings is 1. The van der Waals surface area contributed by atoms with Crippen LogP contribution in [0, 0.1) is 5.41 Å². The van der Waals surface area contributed by atoms with Gasteiger partial charge >= 0.3 is 0 Å². The Labute approximate surface area is 151 Å². The molecule has 0 amide bonds. The summed E-state index contributed by atoms with van der Waals surface area (Å²) in [7, 11) is 2.30. The van der Waals surface area contributed by atoms with Crippen molar-refractivity contribution in [1.29, 1.82) is 0 Å². The second-order valence-electron chi connectivity index (χ2n) is 8.15. The van der Waals surface area contributed by atoms with Crippen LogP contribution in [-0.2, 0) is 6.54 Å². The largest absolute Gasteiger partial charge is 0.305 e. The topological polar surface area (TPSA) is 19.4 Å². The highest BCUT2D eigenvalue weighted by molar-refractivity contribution is 5.21. The minimum Gasteiger partial charge on any atom is -0.305 e. The predicted molar refractivity (Wildman–Crippen MR) is 102 cm³/mol. The van der Waals surface area contributed by atoms with E-state index in [4.69, 9.17) is 0 Å². The van der Waals surface area contributed by atoms with Crippen molar-refractivity contribution in [3.63, 3.8) is 0 Å². The Morgan fingerprint density at radius 1 is 1.08 bits per heavy atom. The van der Waals surface area contributed by atoms with E-state index in [1.54, 1.807) is 0 Å². The molecule has 2 fully saturated rings. The van der Waals surface area contributed by atoms with Crippen molar-refractivity contribution in [3.8, 4) is 0 Å². The Balaban J connectivity index is 1.41. The zero-order valence-electron chi connectivity index (χ0n) is 15.3. The van der Waals surface area contributed by atoms with E-state index in [0.717, 1.165) is 6.54 Å². The van der Waals surface area contributed by atoms with Crippen LogP contribution in [0.1, 0.15) is 36.3 Å². The second-order valence-corrected chi connectivity index (χ2v) is 8.15. The van der Waals surface area contributed by atoms with Gasteiger partial charge in [-0.1, -0.05) is 36.4 Å². The standard InChI is InChI=1S/C22H29N3/c1-24-17-21(20-7-3-2-4-8-20)14-22(18-24)9-12-25(13-10-22)16-19-6-5-11-23-15-19/h2-8,11,15,21H,9-10,12-14,16-18H2,1H3/t21-/m0/s1. The zero-order valence-corrected chi connectivity index (χ0v) is 15.3. The molecule has 1 aromatic heterocycles. The first-order chi connectivity index (χ1) is 12.2. The maximum atomic E-state index is 4.25. The number of hydrogen-bond acceptors (Lipinski definition) is 3. The summed E-state index contributed by atoms with van der Waals surface area (Å²) in [5.41, 5.74) is 3.35. The van der Waals surface area contributed by atoms with Gasteiger partial charge in [0.1, 0.15) is 0 Å². The van der Waals surface area contributed by atoms with E-state index >= 15 is 0 Å². The van der Waals surface area contributed by atoms with E-state index in [0.29, 0.717) is 11.3 Å². The number of hydrogen-bond donors (Lipinski definition) is 0. The molecule has 4 rings (SSSR count). The van der Waals surface area contributed by atoms with Gasteiger partial charge < -0.3 is 4.90 Å². The van der Waals surface area contributed by atoms with Gasteiger partial charge in [0.25, 0.3) is 0 Å². The summed E-state index contributed by atoms with van der Waals surface area (Å²) >= 11 is 0. The number of rotatable bonds is 3. The van der Waals surface area contributed by atoms with Crippen molar-refractivity contribution in [2.24, 2.45) is 5.41 Å². The van der Waals surface area contributed by atoms with Gasteiger partial charge in [0, 0.05) is 32.0 Å². The van der Waals surface area contributed by atoms with Crippen LogP contribution in [0.15, 0.2) is 54.9 Å². The van der Waals surface area contributed by atoms with E-state index in [2.05, 4.69) is 58.2 Å². The number of likely N-dealkylation sites (tertiary alicyclic amines) is 2. The summed E-state index contributed by atoms with van der Waals surface area (Å²) in [6.45, 7) is 5.93. The minimum absolute atomic E-state index is 0.499. The van der Waals surface area contributed by atoms with E-state index in [-0.39, 0.29) is 0 Å². The van der Waals surface area contributed by atoms with Crippen LogP contribution < -0.4 is 0 Å². The lowest BCUT2D eigenvalue weighted by Crippen LogP contribution is -2.50. The molecular formula is C22H29N3. The zero-order chi connectivity index (χ0) is 17.1. The molecule has 2 aliphatic rings. The summed E-state index contributed by atoms with van der Waals surface area (Å²) in [6, 6.07) is 15.4. The molecule has 0 radical (unpaired) electrons. The lowest BCUT2D eigenvalue weighted by molar-refractivity contribution is 0.0218. The van der Waals surface area contributed by atoms with Gasteiger partial charge in [-0.15, -0.1) is 0 Å². The Morgan fingerprint density at radius 3 is 2.60 bits per heavy atom. The monoisotopic (exact) mass is 335 g/mol. The van der Waals surface area contributed by atoms with E-state index < -0.39 is 0 Å². The molecule has 0 unspecified atom stereocenters. The van der Waals surface area contributed by atoms with Crippen LogP contribution in [0.4, 0.5) is 0 Å². The van der Waals surface area contributed by atoms with Gasteiger partial charge in [-0.05, 0) is 67.9 Å². The molecule has 0 bridgehead atoms. The molecule has 0 saturated carbocycles. The molecule has 1 aromatic carbocycles. The van der Waals surface area contributed by atoms with Gasteiger partial charge in [-0.3, -0.25) is 9.88 Å². The van der Waals surface area contributed by atoms with Crippen LogP contribution in [0.3, 0.4) is 0 Å². The van der Waals surface area contributed by atoms with Gasteiger partial charge in [-0.2, -0.15) is 0 Å². The van der Waals surface area contributed by atoms with Gasteiger partial charge in [0.15, 0.2) is 0 Å². The highest BCUT2D eigenvalue weighted by Gasteiger charge is 2.41. The molecule has 1 spiro atoms. The highest BCUT2D eigenvalue weighted by Crippen LogP contribution is 2.44. The molecule has 2 aliphatic heterocycles. The third-order valence-electron chi connectivity index (χ3n) is 6.13. The van der Waals surface area contributed by atoms with E-state index in [1.165, 1.54) is 56.6 Å². The Morgan fingerprint density at radius 2 is 1.88 bits per heavy atom. The van der Waals surface area contributed by atoms with Crippen molar-refractivity contribution in [2.45, 2.75) is 31.7 Å². The summed E-state index contributed by atoms with van der Waals surface area (Å²) in [5, 5.41) is 0. The average molecular weight is 335 g/mol. The third-order valence-corrected chi connectivity index (χ3v) is 6.13. The Kier molecular flexibility index (Phi) is 4.87. The van der Waals surface area contributed by atoms with Crippen LogP contribution in [0.5, 0.6) is 0 Å². The van der Waals surface area contributed by atoms with Crippen LogP contribution in [0.25, 0.3) is 0 Å². The van der Waals surface area contributed by atoms with E-state index in [9.17, 15) is 0 Å². The molecule has 3 heterocycles. The Bertz CT molecular complexity index is 662. The molecule has 3 heteroatoms. The van der Waals surface area contributed by atoms with Gasteiger partial charge in [-0.25, -0.2) is 0 Å². The SMILES string of the molecule is CN1C[C@@H](c2ccccc2)CC2(CCN(Cc3cccnc3)CC2)C1. The molecule has 3 nitrogen and oxygen atoms in total. The normalized spacial score (nSPS) is 24.4. The molecule has 2 saturated heterocycles. The number of aromatic nitrogens is 1. The molecule has 1 atom stereocenters. The molecule has 0 aliphatic carbocycles. The Hall–Kier alpha value is -1.71. The molecule has 132 valence electrons. The number of nitrogens with zero attached hydrogens (tertiary/aromatic N) is 3. The lowest BCUT2D eigenvalue weighted by atomic mass is 9.68. The molecule has 25 heavy (non-hydrogen) atoms. The molecular weight excluding hydrogens is 306 g/mol. The highest BCUT2D eigenvalue weighted by atomic mass is 15.2. The van der Waals surface area contributed by atoms with Crippen LogP contribution >= 0.6 is 0 Å². The van der Waals surface area contributed by atoms with Crippen molar-refractivity contribution >= 4 is 0 Å². The van der Waals surface area contributed by atoms with Crippen LogP contribution in [-0.4, -0.2) is 48.0 Å². The van der Waals surface area contributed by atoms with Gasteiger partial charge in [0.05, 0.1) is 0 Å². The second kappa shape index (κ2) is 7.27. The maximum absolute atomic E-state index is 4.25. The van der Waals surface area contributed by atoms with Crippen molar-refractivity contribution in [3.05, 3.63) is 66.0 Å². The first-order valence-corrected chi connectivity index (χ1v) is 9.57. The lowest BCUT2D eigenvalue weighted by Gasteiger charge is -2.49.